The fourth-order valence-electron chi connectivity index (χ4n) is 5.32. The zero-order valence-electron chi connectivity index (χ0n) is 32.1. The van der Waals surface area contributed by atoms with Crippen molar-refractivity contribution in [3.8, 4) is 0 Å². The zero-order valence-corrected chi connectivity index (χ0v) is 36.2. The minimum atomic E-state index is -4.80. The largest absolute Gasteiger partial charge is 0.396 e. The number of aldehydes is 2. The maximum atomic E-state index is 11.8. The molecule has 0 saturated heterocycles. The lowest BCUT2D eigenvalue weighted by Crippen LogP contribution is -2.21. The van der Waals surface area contributed by atoms with E-state index in [9.17, 15) is 40.6 Å². The highest BCUT2D eigenvalue weighted by Gasteiger charge is 2.23. The highest BCUT2D eigenvalue weighted by molar-refractivity contribution is 7.99. The van der Waals surface area contributed by atoms with Crippen molar-refractivity contribution in [3.05, 3.63) is 46.2 Å². The van der Waals surface area contributed by atoms with Crippen LogP contribution in [0.5, 0.6) is 0 Å². The van der Waals surface area contributed by atoms with Crippen molar-refractivity contribution in [2.45, 2.75) is 42.9 Å². The van der Waals surface area contributed by atoms with Crippen LogP contribution in [0.4, 0.5) is 56.3 Å². The molecule has 2 aromatic carbocycles. The average molecular weight is 920 g/mol. The number of aliphatic hydroxyl groups is 1. The van der Waals surface area contributed by atoms with E-state index in [4.69, 9.17) is 0 Å². The van der Waals surface area contributed by atoms with E-state index in [0.717, 1.165) is 23.1 Å². The predicted octanol–water partition coefficient (Wildman–Crippen LogP) is 7.00. The molecule has 0 aliphatic carbocycles. The smallest absolute Gasteiger partial charge is 0.313 e. The van der Waals surface area contributed by atoms with E-state index in [-0.39, 0.29) is 73.4 Å². The number of aliphatic hydroxyl groups excluding tert-OH is 1. The third-order valence-electron chi connectivity index (χ3n) is 8.06. The maximum absolute atomic E-state index is 11.8. The molecule has 0 saturated carbocycles. The SMILES string of the molecule is CCN(CC)c1ccc(/N=N/c2nc(S(=O)(=O)O)c(C=O)s2)c(Nc2nc(Nc3cc(N(CC)CC)ccc3/N=N/c3nc(S(=O)(=O)O)c(C=O)s3)nc(SCCO)n2)c1. The minimum Gasteiger partial charge on any atom is -0.396 e. The van der Waals surface area contributed by atoms with Crippen LogP contribution in [-0.2, 0) is 20.2 Å². The van der Waals surface area contributed by atoms with Gasteiger partial charge in [-0.1, -0.05) is 34.4 Å². The first-order valence-electron chi connectivity index (χ1n) is 17.7. The number of azo groups is 2. The molecule has 0 aliphatic heterocycles. The molecule has 0 radical (unpaired) electrons. The lowest BCUT2D eigenvalue weighted by molar-refractivity contribution is 0.111. The Kier molecular flexibility index (Phi) is 15.4. The number of thioether (sulfide) groups is 1. The van der Waals surface area contributed by atoms with Gasteiger partial charge in [0.2, 0.25) is 32.2 Å². The van der Waals surface area contributed by atoms with Crippen molar-refractivity contribution in [2.24, 2.45) is 20.5 Å². The summed E-state index contributed by atoms with van der Waals surface area (Å²) in [6.07, 6.45) is 0.480. The number of nitrogens with zero attached hydrogens (tertiary/aromatic N) is 11. The first-order chi connectivity index (χ1) is 28.6. The van der Waals surface area contributed by atoms with Gasteiger partial charge in [-0.15, -0.1) is 20.5 Å². The van der Waals surface area contributed by atoms with Crippen LogP contribution >= 0.6 is 34.4 Å². The van der Waals surface area contributed by atoms with Crippen LogP contribution in [0.25, 0.3) is 0 Å². The summed E-state index contributed by atoms with van der Waals surface area (Å²) in [4.78, 5) is 47.6. The van der Waals surface area contributed by atoms with Gasteiger partial charge in [-0.05, 0) is 64.1 Å². The molecule has 0 amide bonds. The number of carbonyl (C=O) groups is 2. The fraction of sp³-hybridized carbons (Fsp3) is 0.303. The minimum absolute atomic E-state index is 0.0252. The second kappa shape index (κ2) is 20.2. The molecule has 3 aromatic heterocycles. The number of carbonyl (C=O) groups excluding carboxylic acids is 2. The molecule has 0 unspecified atom stereocenters. The van der Waals surface area contributed by atoms with Crippen molar-refractivity contribution in [1.82, 2.24) is 24.9 Å². The van der Waals surface area contributed by atoms with E-state index < -0.39 is 30.3 Å². The Balaban J connectivity index is 1.58. The molecule has 0 atom stereocenters. The molecule has 5 aromatic rings. The van der Waals surface area contributed by atoms with Crippen molar-refractivity contribution in [1.29, 1.82) is 0 Å². The lowest BCUT2D eigenvalue weighted by atomic mass is 10.2. The number of aromatic nitrogens is 5. The third-order valence-corrected chi connectivity index (χ3v) is 12.5. The average Bonchev–Trinajstić information content (AvgIpc) is 3.85. The number of anilines is 6. The van der Waals surface area contributed by atoms with Crippen LogP contribution in [0.15, 0.2) is 72.1 Å². The molecular weight excluding hydrogens is 883 g/mol. The molecule has 5 rings (SSSR count). The van der Waals surface area contributed by atoms with E-state index in [2.05, 4.69) is 65.8 Å². The first-order valence-corrected chi connectivity index (χ1v) is 23.2. The van der Waals surface area contributed by atoms with Crippen molar-refractivity contribution in [3.63, 3.8) is 0 Å². The molecule has 0 aliphatic rings. The van der Waals surface area contributed by atoms with Crippen LogP contribution in [-0.4, -0.2) is 107 Å². The molecule has 0 fully saturated rings. The molecule has 22 nitrogen and oxygen atoms in total. The molecule has 27 heteroatoms. The van der Waals surface area contributed by atoms with Gasteiger partial charge < -0.3 is 25.5 Å². The monoisotopic (exact) mass is 919 g/mol. The highest BCUT2D eigenvalue weighted by Crippen LogP contribution is 2.37. The highest BCUT2D eigenvalue weighted by atomic mass is 32.2. The van der Waals surface area contributed by atoms with Crippen molar-refractivity contribution < 1.29 is 40.6 Å². The van der Waals surface area contributed by atoms with Crippen LogP contribution < -0.4 is 20.4 Å². The number of thiazole rings is 2. The van der Waals surface area contributed by atoms with Crippen LogP contribution in [0.1, 0.15) is 47.0 Å². The van der Waals surface area contributed by atoms with Crippen molar-refractivity contribution in [2.75, 3.05) is 59.0 Å². The molecule has 0 bridgehead atoms. The Morgan fingerprint density at radius 1 is 0.667 bits per heavy atom. The zero-order chi connectivity index (χ0) is 43.6. The summed E-state index contributed by atoms with van der Waals surface area (Å²) in [6.45, 7) is 10.4. The second-order valence-electron chi connectivity index (χ2n) is 11.8. The molecule has 0 spiro atoms. The Bertz CT molecular complexity index is 2460. The van der Waals surface area contributed by atoms with Gasteiger partial charge in [0, 0.05) is 43.3 Å². The van der Waals surface area contributed by atoms with E-state index in [0.29, 0.717) is 60.2 Å². The normalized spacial score (nSPS) is 12.0. The Labute approximate surface area is 355 Å². The predicted molar refractivity (Wildman–Crippen MR) is 227 cm³/mol. The van der Waals surface area contributed by atoms with E-state index in [1.54, 1.807) is 36.4 Å². The fourth-order valence-corrected chi connectivity index (χ4v) is 9.09. The topological polar surface area (TPSA) is 308 Å². The Morgan fingerprint density at radius 3 is 1.42 bits per heavy atom. The van der Waals surface area contributed by atoms with Crippen LogP contribution in [0.3, 0.4) is 0 Å². The lowest BCUT2D eigenvalue weighted by Gasteiger charge is -2.22. The molecule has 60 heavy (non-hydrogen) atoms. The molecule has 5 N–H and O–H groups in total. The maximum Gasteiger partial charge on any atom is 0.313 e. The van der Waals surface area contributed by atoms with Crippen LogP contribution in [0.2, 0.25) is 0 Å². The van der Waals surface area contributed by atoms with E-state index in [1.807, 2.05) is 27.7 Å². The Morgan fingerprint density at radius 2 is 1.08 bits per heavy atom. The molecular formula is C33H37N13O9S5. The van der Waals surface area contributed by atoms with Gasteiger partial charge >= 0.3 is 20.2 Å². The summed E-state index contributed by atoms with van der Waals surface area (Å²) in [6, 6.07) is 10.4. The Hall–Kier alpha value is -5.42. The number of hydrogen-bond acceptors (Lipinski definition) is 23. The van der Waals surface area contributed by atoms with Gasteiger partial charge in [-0.3, -0.25) is 18.7 Å². The number of nitrogens with one attached hydrogen (secondary N) is 2. The summed E-state index contributed by atoms with van der Waals surface area (Å²) >= 11 is 2.37. The summed E-state index contributed by atoms with van der Waals surface area (Å²) < 4.78 is 66.0. The molecule has 3 heterocycles. The van der Waals surface area contributed by atoms with Gasteiger partial charge in [0.1, 0.15) is 21.1 Å². The van der Waals surface area contributed by atoms with Gasteiger partial charge in [-0.25, -0.2) is 9.97 Å². The third kappa shape index (κ3) is 11.4. The van der Waals surface area contributed by atoms with Gasteiger partial charge in [-0.2, -0.15) is 31.8 Å². The number of benzene rings is 2. The van der Waals surface area contributed by atoms with Gasteiger partial charge in [0.15, 0.2) is 17.7 Å². The number of rotatable bonds is 21. The van der Waals surface area contributed by atoms with E-state index in [1.165, 1.54) is 0 Å². The number of hydrogen-bond donors (Lipinski definition) is 5. The second-order valence-corrected chi connectivity index (χ2v) is 17.5. The summed E-state index contributed by atoms with van der Waals surface area (Å²) in [5.41, 5.74) is 2.74. The first kappa shape index (κ1) is 45.7. The summed E-state index contributed by atoms with van der Waals surface area (Å²) in [5.74, 6) is 0.288. The summed E-state index contributed by atoms with van der Waals surface area (Å²) in [7, 11) is -9.61. The quantitative estimate of drug-likeness (QED) is 0.0214. The van der Waals surface area contributed by atoms with E-state index >= 15 is 0 Å². The van der Waals surface area contributed by atoms with Gasteiger partial charge in [0.05, 0.1) is 18.0 Å². The summed E-state index contributed by atoms with van der Waals surface area (Å²) in [5, 5.41) is 30.6. The van der Waals surface area contributed by atoms with Crippen LogP contribution in [0, 0.1) is 0 Å². The molecule has 318 valence electrons. The van der Waals surface area contributed by atoms with Gasteiger partial charge in [0.25, 0.3) is 0 Å². The van der Waals surface area contributed by atoms with Crippen molar-refractivity contribution >= 4 is 124 Å². The standard InChI is InChI=1S/C33H37N13O9S5/c1-5-45(6-2)19-9-11-21(41-43-32-36-27(59(50,51)52)25(17-48)57-32)23(15-19)34-29-38-30(40-31(39-29)56-14-13-47)35-24-16-20(46(7-3)8-4)10-12-22(24)42-44-33-37-28(60(53,54)55)26(18-49)58-33/h9-12,15-18,47H,5-8,13-14H2,1-4H3,(H,50,51,52)(H,53,54,55)(H2,34,35,38,39,40)/b43-41+,44-42+.